The first-order valence-corrected chi connectivity index (χ1v) is 9.30. The number of piperazine rings is 1. The normalized spacial score (nSPS) is 27.3. The van der Waals surface area contributed by atoms with E-state index in [4.69, 9.17) is 4.74 Å². The van der Waals surface area contributed by atoms with Crippen LogP contribution in [0.1, 0.15) is 40.0 Å². The van der Waals surface area contributed by atoms with Crippen molar-refractivity contribution in [2.75, 3.05) is 59.5 Å². The van der Waals surface area contributed by atoms with Crippen LogP contribution in [0, 0.1) is 0 Å². The van der Waals surface area contributed by atoms with Crippen LogP contribution in [0.2, 0.25) is 0 Å². The van der Waals surface area contributed by atoms with Crippen LogP contribution >= 0.6 is 0 Å². The SMILES string of the molecule is CN1CCCCC1CN1CCN(CC(O)COC(C)(C)C)CC1. The van der Waals surface area contributed by atoms with Crippen LogP contribution in [0.4, 0.5) is 0 Å². The molecule has 2 atom stereocenters. The molecule has 2 aliphatic heterocycles. The van der Waals surface area contributed by atoms with Crippen molar-refractivity contribution in [3.05, 3.63) is 0 Å². The van der Waals surface area contributed by atoms with Gasteiger partial charge in [0.05, 0.1) is 18.3 Å². The Hall–Kier alpha value is -0.200. The molecule has 0 saturated carbocycles. The van der Waals surface area contributed by atoms with Crippen molar-refractivity contribution < 1.29 is 9.84 Å². The summed E-state index contributed by atoms with van der Waals surface area (Å²) in [5.41, 5.74) is -0.175. The van der Waals surface area contributed by atoms with Gasteiger partial charge < -0.3 is 14.7 Å². The van der Waals surface area contributed by atoms with Crippen LogP contribution in [0.15, 0.2) is 0 Å². The van der Waals surface area contributed by atoms with Crippen molar-refractivity contribution in [1.29, 1.82) is 0 Å². The van der Waals surface area contributed by atoms with Gasteiger partial charge in [0.2, 0.25) is 0 Å². The van der Waals surface area contributed by atoms with E-state index in [0.717, 1.165) is 38.8 Å². The molecule has 0 spiro atoms. The second-order valence-electron chi connectivity index (χ2n) is 8.31. The van der Waals surface area contributed by atoms with E-state index in [1.54, 1.807) is 0 Å². The maximum atomic E-state index is 10.1. The van der Waals surface area contributed by atoms with Gasteiger partial charge in [0.25, 0.3) is 0 Å². The average molecular weight is 328 g/mol. The Morgan fingerprint density at radius 1 is 1.04 bits per heavy atom. The van der Waals surface area contributed by atoms with E-state index in [1.165, 1.54) is 32.4 Å². The second-order valence-corrected chi connectivity index (χ2v) is 8.31. The third-order valence-electron chi connectivity index (χ3n) is 5.03. The zero-order valence-corrected chi connectivity index (χ0v) is 15.6. The predicted molar refractivity (Wildman–Crippen MR) is 94.9 cm³/mol. The van der Waals surface area contributed by atoms with Gasteiger partial charge in [-0.25, -0.2) is 0 Å². The number of aliphatic hydroxyl groups excluding tert-OH is 1. The Morgan fingerprint density at radius 3 is 2.30 bits per heavy atom. The molecule has 0 aliphatic carbocycles. The van der Waals surface area contributed by atoms with Gasteiger partial charge in [-0.2, -0.15) is 0 Å². The van der Waals surface area contributed by atoms with E-state index >= 15 is 0 Å². The molecule has 5 heteroatoms. The Kier molecular flexibility index (Phi) is 7.29. The minimum Gasteiger partial charge on any atom is -0.389 e. The molecule has 2 rings (SSSR count). The molecular formula is C18H37N3O2. The largest absolute Gasteiger partial charge is 0.389 e. The number of piperidine rings is 1. The Bertz CT molecular complexity index is 338. The molecule has 5 nitrogen and oxygen atoms in total. The fourth-order valence-corrected chi connectivity index (χ4v) is 3.52. The van der Waals surface area contributed by atoms with Gasteiger partial charge in [0.1, 0.15) is 0 Å². The zero-order chi connectivity index (χ0) is 16.9. The van der Waals surface area contributed by atoms with E-state index in [9.17, 15) is 5.11 Å². The number of likely N-dealkylation sites (tertiary alicyclic amines) is 1. The molecule has 0 bridgehead atoms. The molecule has 0 radical (unpaired) electrons. The third-order valence-corrected chi connectivity index (χ3v) is 5.03. The van der Waals surface area contributed by atoms with Crippen molar-refractivity contribution in [2.24, 2.45) is 0 Å². The van der Waals surface area contributed by atoms with Crippen molar-refractivity contribution >= 4 is 0 Å². The number of hydrogen-bond acceptors (Lipinski definition) is 5. The second kappa shape index (κ2) is 8.77. The summed E-state index contributed by atoms with van der Waals surface area (Å²) in [6.45, 7) is 14.1. The standard InChI is InChI=1S/C18H37N3O2/c1-18(2,3)23-15-17(22)14-21-11-9-20(10-12-21)13-16-7-5-6-8-19(16)4/h16-17,22H,5-15H2,1-4H3. The van der Waals surface area contributed by atoms with Crippen molar-refractivity contribution in [2.45, 2.75) is 57.8 Å². The molecular weight excluding hydrogens is 290 g/mol. The van der Waals surface area contributed by atoms with E-state index in [2.05, 4.69) is 21.7 Å². The van der Waals surface area contributed by atoms with E-state index in [1.807, 2.05) is 20.8 Å². The lowest BCUT2D eigenvalue weighted by Crippen LogP contribution is -2.53. The van der Waals surface area contributed by atoms with Gasteiger partial charge in [-0.05, 0) is 47.2 Å². The minimum atomic E-state index is -0.384. The van der Waals surface area contributed by atoms with Crippen LogP contribution in [-0.2, 0) is 4.74 Å². The quantitative estimate of drug-likeness (QED) is 0.795. The maximum absolute atomic E-state index is 10.1. The molecule has 2 aliphatic rings. The average Bonchev–Trinajstić information content (AvgIpc) is 2.49. The highest BCUT2D eigenvalue weighted by atomic mass is 16.5. The first-order valence-electron chi connectivity index (χ1n) is 9.30. The Balaban J connectivity index is 1.63. The van der Waals surface area contributed by atoms with Crippen LogP contribution in [0.25, 0.3) is 0 Å². The molecule has 136 valence electrons. The van der Waals surface area contributed by atoms with E-state index in [0.29, 0.717) is 6.61 Å². The highest BCUT2D eigenvalue weighted by Crippen LogP contribution is 2.17. The van der Waals surface area contributed by atoms with Crippen molar-refractivity contribution in [1.82, 2.24) is 14.7 Å². The number of ether oxygens (including phenoxy) is 1. The molecule has 2 heterocycles. The Labute approximate surface area is 142 Å². The summed E-state index contributed by atoms with van der Waals surface area (Å²) in [4.78, 5) is 7.50. The molecule has 23 heavy (non-hydrogen) atoms. The molecule has 2 unspecified atom stereocenters. The summed E-state index contributed by atoms with van der Waals surface area (Å²) < 4.78 is 5.67. The molecule has 2 saturated heterocycles. The summed E-state index contributed by atoms with van der Waals surface area (Å²) in [7, 11) is 2.27. The summed E-state index contributed by atoms with van der Waals surface area (Å²) in [6, 6.07) is 0.737. The summed E-state index contributed by atoms with van der Waals surface area (Å²) in [5.74, 6) is 0. The first kappa shape index (κ1) is 19.1. The molecule has 0 aromatic rings. The number of hydrogen-bond donors (Lipinski definition) is 1. The molecule has 0 aromatic heterocycles. The highest BCUT2D eigenvalue weighted by molar-refractivity contribution is 4.81. The fraction of sp³-hybridized carbons (Fsp3) is 1.00. The maximum Gasteiger partial charge on any atom is 0.0900 e. The minimum absolute atomic E-state index is 0.175. The van der Waals surface area contributed by atoms with E-state index < -0.39 is 0 Å². The highest BCUT2D eigenvalue weighted by Gasteiger charge is 2.25. The zero-order valence-electron chi connectivity index (χ0n) is 15.6. The number of rotatable bonds is 6. The topological polar surface area (TPSA) is 39.2 Å². The molecule has 0 amide bonds. The van der Waals surface area contributed by atoms with Gasteiger partial charge in [-0.3, -0.25) is 9.80 Å². The predicted octanol–water partition coefficient (Wildman–Crippen LogP) is 1.26. The monoisotopic (exact) mass is 327 g/mol. The number of β-amino-alcohol motifs (C(OH)–C–C–N with tert-alkyl or cyclic N) is 1. The number of nitrogens with zero attached hydrogens (tertiary/aromatic N) is 3. The lowest BCUT2D eigenvalue weighted by molar-refractivity contribution is -0.0589. The van der Waals surface area contributed by atoms with E-state index in [-0.39, 0.29) is 11.7 Å². The first-order chi connectivity index (χ1) is 10.8. The van der Waals surface area contributed by atoms with Gasteiger partial charge in [0.15, 0.2) is 0 Å². The molecule has 2 fully saturated rings. The van der Waals surface area contributed by atoms with Crippen LogP contribution in [-0.4, -0.2) is 97.0 Å². The van der Waals surface area contributed by atoms with Crippen LogP contribution in [0.5, 0.6) is 0 Å². The lowest BCUT2D eigenvalue weighted by atomic mass is 10.0. The smallest absolute Gasteiger partial charge is 0.0900 e. The summed E-state index contributed by atoms with van der Waals surface area (Å²) in [5, 5.41) is 10.1. The van der Waals surface area contributed by atoms with Gasteiger partial charge >= 0.3 is 0 Å². The summed E-state index contributed by atoms with van der Waals surface area (Å²) in [6.07, 6.45) is 3.70. The van der Waals surface area contributed by atoms with Crippen molar-refractivity contribution in [3.63, 3.8) is 0 Å². The third kappa shape index (κ3) is 7.06. The fourth-order valence-electron chi connectivity index (χ4n) is 3.52. The van der Waals surface area contributed by atoms with Crippen molar-refractivity contribution in [3.8, 4) is 0 Å². The lowest BCUT2D eigenvalue weighted by Gasteiger charge is -2.40. The van der Waals surface area contributed by atoms with Gasteiger partial charge in [-0.1, -0.05) is 6.42 Å². The van der Waals surface area contributed by atoms with Gasteiger partial charge in [0, 0.05) is 45.3 Å². The van der Waals surface area contributed by atoms with Crippen LogP contribution in [0.3, 0.4) is 0 Å². The summed E-state index contributed by atoms with van der Waals surface area (Å²) >= 11 is 0. The van der Waals surface area contributed by atoms with Crippen LogP contribution < -0.4 is 0 Å². The molecule has 1 N–H and O–H groups in total. The number of likely N-dealkylation sites (N-methyl/N-ethyl adjacent to an activating group) is 1. The molecule has 0 aromatic carbocycles. The number of aliphatic hydroxyl groups is 1. The van der Waals surface area contributed by atoms with Gasteiger partial charge in [-0.15, -0.1) is 0 Å². The Morgan fingerprint density at radius 2 is 1.70 bits per heavy atom.